The van der Waals surface area contributed by atoms with Crippen LogP contribution in [0.25, 0.3) is 0 Å². The zero-order valence-corrected chi connectivity index (χ0v) is 12.3. The van der Waals surface area contributed by atoms with E-state index in [0.717, 1.165) is 6.42 Å². The summed E-state index contributed by atoms with van der Waals surface area (Å²) in [6.45, 7) is 4.34. The summed E-state index contributed by atoms with van der Waals surface area (Å²) in [6, 6.07) is 0.595. The van der Waals surface area contributed by atoms with Crippen LogP contribution < -0.4 is 5.32 Å². The Kier molecular flexibility index (Phi) is 7.45. The molecule has 0 amide bonds. The van der Waals surface area contributed by atoms with Crippen LogP contribution in [0.4, 0.5) is 0 Å². The third kappa shape index (κ3) is 6.18. The van der Waals surface area contributed by atoms with Crippen LogP contribution >= 0.6 is 11.3 Å². The third-order valence-electron chi connectivity index (χ3n) is 3.19. The van der Waals surface area contributed by atoms with E-state index >= 15 is 0 Å². The number of nitrogens with zero attached hydrogens (tertiary/aromatic N) is 1. The normalized spacial score (nSPS) is 12.9. The molecule has 0 aliphatic heterocycles. The molecule has 3 heteroatoms. The fourth-order valence-corrected chi connectivity index (χ4v) is 2.72. The lowest BCUT2D eigenvalue weighted by Crippen LogP contribution is -2.27. The second-order valence-electron chi connectivity index (χ2n) is 4.75. The second kappa shape index (κ2) is 8.65. The summed E-state index contributed by atoms with van der Waals surface area (Å²) in [5.74, 6) is 0. The van der Waals surface area contributed by atoms with E-state index in [1.807, 2.05) is 0 Å². The van der Waals surface area contributed by atoms with Gasteiger partial charge in [0.15, 0.2) is 0 Å². The predicted molar refractivity (Wildman–Crippen MR) is 76.8 cm³/mol. The summed E-state index contributed by atoms with van der Waals surface area (Å²) in [5, 5.41) is 6.79. The van der Waals surface area contributed by atoms with E-state index in [1.54, 1.807) is 11.3 Å². The van der Waals surface area contributed by atoms with Gasteiger partial charge in [0.05, 0.1) is 10.7 Å². The quantitative estimate of drug-likeness (QED) is 0.675. The molecule has 1 aromatic heterocycles. The fourth-order valence-electron chi connectivity index (χ4n) is 2.10. The average Bonchev–Trinajstić information content (AvgIpc) is 2.73. The molecule has 1 unspecified atom stereocenters. The summed E-state index contributed by atoms with van der Waals surface area (Å²) >= 11 is 1.75. The highest BCUT2D eigenvalue weighted by molar-refractivity contribution is 7.09. The van der Waals surface area contributed by atoms with Crippen molar-refractivity contribution in [3.63, 3.8) is 0 Å². The van der Waals surface area contributed by atoms with Crippen LogP contribution in [-0.4, -0.2) is 18.1 Å². The number of rotatable bonds is 9. The first-order valence-electron chi connectivity index (χ1n) is 6.84. The molecule has 2 nitrogen and oxygen atoms in total. The van der Waals surface area contributed by atoms with Gasteiger partial charge in [0.1, 0.15) is 0 Å². The third-order valence-corrected chi connectivity index (χ3v) is 4.01. The molecule has 98 valence electrons. The van der Waals surface area contributed by atoms with Gasteiger partial charge < -0.3 is 5.32 Å². The van der Waals surface area contributed by atoms with Crippen molar-refractivity contribution in [3.05, 3.63) is 16.1 Å². The first-order chi connectivity index (χ1) is 8.26. The monoisotopic (exact) mass is 254 g/mol. The van der Waals surface area contributed by atoms with Gasteiger partial charge in [-0.3, -0.25) is 0 Å². The number of thiazole rings is 1. The minimum atomic E-state index is 0.595. The van der Waals surface area contributed by atoms with Crippen LogP contribution in [0.15, 0.2) is 5.38 Å². The minimum absolute atomic E-state index is 0.595. The Morgan fingerprint density at radius 1 is 1.29 bits per heavy atom. The van der Waals surface area contributed by atoms with Crippen molar-refractivity contribution >= 4 is 11.3 Å². The zero-order chi connectivity index (χ0) is 12.5. The van der Waals surface area contributed by atoms with Gasteiger partial charge in [-0.2, -0.15) is 0 Å². The first-order valence-corrected chi connectivity index (χ1v) is 7.72. The van der Waals surface area contributed by atoms with Crippen LogP contribution in [0, 0.1) is 6.92 Å². The number of unbranched alkanes of at least 4 members (excludes halogenated alkanes) is 4. The summed E-state index contributed by atoms with van der Waals surface area (Å²) in [5.41, 5.74) is 1.25. The van der Waals surface area contributed by atoms with Gasteiger partial charge >= 0.3 is 0 Å². The standard InChI is InChI=1S/C14H26N2S/c1-4-5-6-7-8-9-13(15-3)10-14-11-17-12(2)16-14/h11,13,15H,4-10H2,1-3H3. The molecule has 17 heavy (non-hydrogen) atoms. The topological polar surface area (TPSA) is 24.9 Å². The molecule has 0 fully saturated rings. The van der Waals surface area contributed by atoms with Crippen molar-refractivity contribution in [2.75, 3.05) is 7.05 Å². The summed E-state index contributed by atoms with van der Waals surface area (Å²) < 4.78 is 0. The molecule has 0 spiro atoms. The Labute approximate surface area is 110 Å². The number of aryl methyl sites for hydroxylation is 1. The molecule has 0 aromatic carbocycles. The molecule has 0 radical (unpaired) electrons. The molecular weight excluding hydrogens is 228 g/mol. The Hall–Kier alpha value is -0.410. The van der Waals surface area contributed by atoms with Crippen molar-refractivity contribution in [1.29, 1.82) is 0 Å². The Morgan fingerprint density at radius 3 is 2.65 bits per heavy atom. The molecule has 1 rings (SSSR count). The van der Waals surface area contributed by atoms with E-state index in [2.05, 4.69) is 36.6 Å². The highest BCUT2D eigenvalue weighted by Gasteiger charge is 2.08. The molecule has 0 aliphatic carbocycles. The molecule has 0 aliphatic rings. The smallest absolute Gasteiger partial charge is 0.0897 e. The second-order valence-corrected chi connectivity index (χ2v) is 5.81. The number of aromatic nitrogens is 1. The van der Waals surface area contributed by atoms with Crippen molar-refractivity contribution < 1.29 is 0 Å². The van der Waals surface area contributed by atoms with Crippen molar-refractivity contribution in [2.24, 2.45) is 0 Å². The van der Waals surface area contributed by atoms with E-state index < -0.39 is 0 Å². The van der Waals surface area contributed by atoms with Crippen molar-refractivity contribution in [2.45, 2.75) is 64.8 Å². The fraction of sp³-hybridized carbons (Fsp3) is 0.786. The van der Waals surface area contributed by atoms with Gasteiger partial charge in [0.25, 0.3) is 0 Å². The molecule has 0 saturated carbocycles. The van der Waals surface area contributed by atoms with Gasteiger partial charge in [-0.15, -0.1) is 11.3 Å². The largest absolute Gasteiger partial charge is 0.317 e. The van der Waals surface area contributed by atoms with Crippen molar-refractivity contribution in [3.8, 4) is 0 Å². The van der Waals surface area contributed by atoms with Crippen LogP contribution in [0.5, 0.6) is 0 Å². The van der Waals surface area contributed by atoms with E-state index in [-0.39, 0.29) is 0 Å². The summed E-state index contributed by atoms with van der Waals surface area (Å²) in [6.07, 6.45) is 9.17. The van der Waals surface area contributed by atoms with Gasteiger partial charge in [0, 0.05) is 17.8 Å². The molecular formula is C14H26N2S. The maximum Gasteiger partial charge on any atom is 0.0897 e. The first kappa shape index (κ1) is 14.7. The maximum absolute atomic E-state index is 4.53. The average molecular weight is 254 g/mol. The Bertz CT molecular complexity index is 296. The van der Waals surface area contributed by atoms with E-state index in [9.17, 15) is 0 Å². The van der Waals surface area contributed by atoms with Crippen LogP contribution in [0.2, 0.25) is 0 Å². The van der Waals surface area contributed by atoms with Gasteiger partial charge in [-0.25, -0.2) is 4.98 Å². The van der Waals surface area contributed by atoms with Crippen LogP contribution in [0.3, 0.4) is 0 Å². The number of nitrogens with one attached hydrogen (secondary N) is 1. The minimum Gasteiger partial charge on any atom is -0.317 e. The SMILES string of the molecule is CCCCCCCC(Cc1csc(C)n1)NC. The number of hydrogen-bond acceptors (Lipinski definition) is 3. The lowest BCUT2D eigenvalue weighted by atomic mass is 10.0. The number of likely N-dealkylation sites (N-methyl/N-ethyl adjacent to an activating group) is 1. The predicted octanol–water partition coefficient (Wildman–Crippen LogP) is 3.94. The van der Waals surface area contributed by atoms with Crippen molar-refractivity contribution in [1.82, 2.24) is 10.3 Å². The highest BCUT2D eigenvalue weighted by Crippen LogP contribution is 2.13. The van der Waals surface area contributed by atoms with E-state index in [4.69, 9.17) is 0 Å². The molecule has 1 heterocycles. The highest BCUT2D eigenvalue weighted by atomic mass is 32.1. The van der Waals surface area contributed by atoms with Crippen LogP contribution in [0.1, 0.15) is 56.2 Å². The molecule has 0 saturated heterocycles. The lowest BCUT2D eigenvalue weighted by Gasteiger charge is -2.14. The molecule has 0 bridgehead atoms. The zero-order valence-electron chi connectivity index (χ0n) is 11.5. The summed E-state index contributed by atoms with van der Waals surface area (Å²) in [4.78, 5) is 4.53. The lowest BCUT2D eigenvalue weighted by molar-refractivity contribution is 0.479. The van der Waals surface area contributed by atoms with E-state index in [1.165, 1.54) is 49.2 Å². The Balaban J connectivity index is 2.19. The Morgan fingerprint density at radius 2 is 2.06 bits per heavy atom. The molecule has 1 aromatic rings. The maximum atomic E-state index is 4.53. The molecule has 1 N–H and O–H groups in total. The number of hydrogen-bond donors (Lipinski definition) is 1. The van der Waals surface area contributed by atoms with Gasteiger partial charge in [-0.05, 0) is 20.4 Å². The van der Waals surface area contributed by atoms with Crippen LogP contribution in [-0.2, 0) is 6.42 Å². The summed E-state index contributed by atoms with van der Waals surface area (Å²) in [7, 11) is 2.07. The van der Waals surface area contributed by atoms with Gasteiger partial charge in [-0.1, -0.05) is 39.0 Å². The van der Waals surface area contributed by atoms with Gasteiger partial charge in [0.2, 0.25) is 0 Å². The van der Waals surface area contributed by atoms with E-state index in [0.29, 0.717) is 6.04 Å². The molecule has 1 atom stereocenters.